The topological polar surface area (TPSA) is 77.8 Å². The van der Waals surface area contributed by atoms with Gasteiger partial charge >= 0.3 is 11.9 Å². The van der Waals surface area contributed by atoms with E-state index in [1.165, 1.54) is 25.1 Å². The molecule has 2 aromatic carbocycles. The number of nitrogens with zero attached hydrogens (tertiary/aromatic N) is 1. The Balaban J connectivity index is 0.000000211. The molecule has 2 aliphatic heterocycles. The van der Waals surface area contributed by atoms with Gasteiger partial charge in [-0.2, -0.15) is 0 Å². The fourth-order valence-corrected chi connectivity index (χ4v) is 3.59. The van der Waals surface area contributed by atoms with Gasteiger partial charge in [-0.25, -0.2) is 9.59 Å². The Morgan fingerprint density at radius 1 is 0.885 bits per heavy atom. The number of carboxylic acid groups (broad SMARTS) is 2. The standard InChI is InChI=1S/C17H17N.C4H4O4/c1-2-6-13(7-3-1)16-12-18-11-10-17(18)15-9-5-4-8-14(15)16;5-3(6)1-2-4(7)8/h1-9,16-17H,10-12H2;1-2H,(H,5,6)(H,7,8). The van der Waals surface area contributed by atoms with E-state index in [2.05, 4.69) is 59.5 Å². The van der Waals surface area contributed by atoms with Crippen molar-refractivity contribution in [2.45, 2.75) is 18.4 Å². The lowest BCUT2D eigenvalue weighted by Crippen LogP contribution is -2.47. The third-order valence-electron chi connectivity index (χ3n) is 4.85. The van der Waals surface area contributed by atoms with Gasteiger partial charge < -0.3 is 10.2 Å². The molecule has 2 unspecified atom stereocenters. The van der Waals surface area contributed by atoms with E-state index in [4.69, 9.17) is 10.2 Å². The molecule has 2 aliphatic rings. The minimum atomic E-state index is -1.26. The minimum absolute atomic E-state index is 0.555. The van der Waals surface area contributed by atoms with E-state index >= 15 is 0 Å². The first-order chi connectivity index (χ1) is 12.6. The van der Waals surface area contributed by atoms with Gasteiger partial charge in [0.25, 0.3) is 0 Å². The summed E-state index contributed by atoms with van der Waals surface area (Å²) in [4.78, 5) is 21.7. The molecule has 5 heteroatoms. The maximum atomic E-state index is 9.55. The molecule has 0 saturated carbocycles. The highest BCUT2D eigenvalue weighted by molar-refractivity contribution is 5.89. The quantitative estimate of drug-likeness (QED) is 0.830. The van der Waals surface area contributed by atoms with Crippen molar-refractivity contribution >= 4 is 11.9 Å². The van der Waals surface area contributed by atoms with Gasteiger partial charge in [-0.15, -0.1) is 0 Å². The molecule has 5 nitrogen and oxygen atoms in total. The number of rotatable bonds is 3. The highest BCUT2D eigenvalue weighted by Crippen LogP contribution is 2.45. The molecule has 134 valence electrons. The number of benzene rings is 2. The maximum Gasteiger partial charge on any atom is 0.328 e. The lowest BCUT2D eigenvalue weighted by atomic mass is 9.77. The fraction of sp³-hybridized carbons (Fsp3) is 0.238. The van der Waals surface area contributed by atoms with E-state index in [0.29, 0.717) is 24.1 Å². The van der Waals surface area contributed by atoms with Crippen LogP contribution in [-0.2, 0) is 9.59 Å². The zero-order chi connectivity index (χ0) is 18.5. The van der Waals surface area contributed by atoms with Gasteiger partial charge in [-0.05, 0) is 23.1 Å². The highest BCUT2D eigenvalue weighted by atomic mass is 16.4. The van der Waals surface area contributed by atoms with Crippen molar-refractivity contribution in [3.63, 3.8) is 0 Å². The molecular weight excluding hydrogens is 330 g/mol. The molecule has 1 fully saturated rings. The molecule has 2 atom stereocenters. The molecule has 0 aromatic heterocycles. The van der Waals surface area contributed by atoms with Crippen molar-refractivity contribution in [2.75, 3.05) is 13.1 Å². The summed E-state index contributed by atoms with van der Waals surface area (Å²) in [6, 6.07) is 20.6. The number of hydrogen-bond donors (Lipinski definition) is 2. The predicted octanol–water partition coefficient (Wildman–Crippen LogP) is 3.29. The largest absolute Gasteiger partial charge is 0.478 e. The van der Waals surface area contributed by atoms with Crippen LogP contribution in [0.3, 0.4) is 0 Å². The van der Waals surface area contributed by atoms with Gasteiger partial charge in [0.15, 0.2) is 0 Å². The molecule has 2 N–H and O–H groups in total. The van der Waals surface area contributed by atoms with Gasteiger partial charge in [-0.3, -0.25) is 4.90 Å². The fourth-order valence-electron chi connectivity index (χ4n) is 3.59. The van der Waals surface area contributed by atoms with Gasteiger partial charge in [0, 0.05) is 37.2 Å². The van der Waals surface area contributed by atoms with Gasteiger partial charge in [0.1, 0.15) is 0 Å². The lowest BCUT2D eigenvalue weighted by molar-refractivity contribution is -0.134. The third kappa shape index (κ3) is 4.00. The molecule has 2 aromatic rings. The normalized spacial score (nSPS) is 20.9. The zero-order valence-corrected chi connectivity index (χ0v) is 14.3. The van der Waals surface area contributed by atoms with Crippen LogP contribution < -0.4 is 0 Å². The monoisotopic (exact) mass is 351 g/mol. The van der Waals surface area contributed by atoms with E-state index in [9.17, 15) is 9.59 Å². The van der Waals surface area contributed by atoms with Crippen molar-refractivity contribution in [1.29, 1.82) is 0 Å². The van der Waals surface area contributed by atoms with E-state index in [1.807, 2.05) is 0 Å². The first-order valence-corrected chi connectivity index (χ1v) is 8.58. The first-order valence-electron chi connectivity index (χ1n) is 8.58. The second-order valence-electron chi connectivity index (χ2n) is 6.40. The van der Waals surface area contributed by atoms with Crippen molar-refractivity contribution in [1.82, 2.24) is 4.90 Å². The summed E-state index contributed by atoms with van der Waals surface area (Å²) >= 11 is 0. The number of carboxylic acids is 2. The molecule has 0 bridgehead atoms. The molecule has 0 radical (unpaired) electrons. The smallest absolute Gasteiger partial charge is 0.328 e. The van der Waals surface area contributed by atoms with Crippen LogP contribution in [0.15, 0.2) is 66.7 Å². The Morgan fingerprint density at radius 3 is 2.00 bits per heavy atom. The Bertz CT molecular complexity index is 800. The Labute approximate surface area is 152 Å². The number of hydrogen-bond acceptors (Lipinski definition) is 3. The van der Waals surface area contributed by atoms with E-state index in [1.54, 1.807) is 11.1 Å². The summed E-state index contributed by atoms with van der Waals surface area (Å²) < 4.78 is 0. The molecule has 1 saturated heterocycles. The van der Waals surface area contributed by atoms with Crippen LogP contribution in [0.5, 0.6) is 0 Å². The van der Waals surface area contributed by atoms with Crippen molar-refractivity contribution in [3.05, 3.63) is 83.4 Å². The Kier molecular flexibility index (Phi) is 5.49. The third-order valence-corrected chi connectivity index (χ3v) is 4.85. The van der Waals surface area contributed by atoms with Crippen LogP contribution in [-0.4, -0.2) is 40.1 Å². The first kappa shape index (κ1) is 17.9. The summed E-state index contributed by atoms with van der Waals surface area (Å²) in [5, 5.41) is 15.6. The molecule has 26 heavy (non-hydrogen) atoms. The maximum absolute atomic E-state index is 9.55. The molecule has 2 heterocycles. The van der Waals surface area contributed by atoms with Crippen LogP contribution in [0.4, 0.5) is 0 Å². The minimum Gasteiger partial charge on any atom is -0.478 e. The summed E-state index contributed by atoms with van der Waals surface area (Å²) in [6.45, 7) is 2.45. The van der Waals surface area contributed by atoms with Crippen LogP contribution in [0.2, 0.25) is 0 Å². The summed E-state index contributed by atoms with van der Waals surface area (Å²) in [5.41, 5.74) is 4.56. The van der Waals surface area contributed by atoms with Crippen molar-refractivity contribution < 1.29 is 19.8 Å². The van der Waals surface area contributed by atoms with E-state index < -0.39 is 11.9 Å². The number of fused-ring (bicyclic) bond motifs is 3. The predicted molar refractivity (Wildman–Crippen MR) is 98.1 cm³/mol. The van der Waals surface area contributed by atoms with Crippen LogP contribution >= 0.6 is 0 Å². The molecule has 0 aliphatic carbocycles. The Morgan fingerprint density at radius 2 is 1.46 bits per heavy atom. The molecule has 4 rings (SSSR count). The van der Waals surface area contributed by atoms with Crippen molar-refractivity contribution in [3.8, 4) is 0 Å². The van der Waals surface area contributed by atoms with Gasteiger partial charge in [-0.1, -0.05) is 54.6 Å². The van der Waals surface area contributed by atoms with Crippen molar-refractivity contribution in [2.24, 2.45) is 0 Å². The number of aliphatic carboxylic acids is 2. The van der Waals surface area contributed by atoms with E-state index in [0.717, 1.165) is 0 Å². The van der Waals surface area contributed by atoms with Gasteiger partial charge in [0.2, 0.25) is 0 Å². The molecule has 0 amide bonds. The molecular formula is C21H21NO4. The average molecular weight is 351 g/mol. The average Bonchev–Trinajstić information content (AvgIpc) is 2.61. The van der Waals surface area contributed by atoms with Crippen LogP contribution in [0.1, 0.15) is 35.1 Å². The highest BCUT2D eigenvalue weighted by Gasteiger charge is 2.38. The van der Waals surface area contributed by atoms with E-state index in [-0.39, 0.29) is 0 Å². The zero-order valence-electron chi connectivity index (χ0n) is 14.3. The number of carbonyl (C=O) groups is 2. The van der Waals surface area contributed by atoms with Gasteiger partial charge in [0.05, 0.1) is 0 Å². The molecule has 0 spiro atoms. The van der Waals surface area contributed by atoms with Crippen LogP contribution in [0.25, 0.3) is 0 Å². The Hall–Kier alpha value is -2.92. The summed E-state index contributed by atoms with van der Waals surface area (Å²) in [6.07, 6.45) is 2.45. The lowest BCUT2D eigenvalue weighted by Gasteiger charge is -2.48. The second-order valence-corrected chi connectivity index (χ2v) is 6.40. The SMILES string of the molecule is O=C(O)C=CC(=O)O.c1ccc(C2CN3CCC3c3ccccc32)cc1. The van der Waals surface area contributed by atoms with Crippen LogP contribution in [0, 0.1) is 0 Å². The summed E-state index contributed by atoms with van der Waals surface area (Å²) in [5.74, 6) is -1.96. The summed E-state index contributed by atoms with van der Waals surface area (Å²) in [7, 11) is 0. The second kappa shape index (κ2) is 7.97.